The van der Waals surface area contributed by atoms with Gasteiger partial charge < -0.3 is 9.73 Å². The van der Waals surface area contributed by atoms with Crippen molar-refractivity contribution in [2.45, 2.75) is 26.1 Å². The van der Waals surface area contributed by atoms with E-state index in [1.54, 1.807) is 6.92 Å². The molecule has 4 aromatic rings. The largest absolute Gasteiger partial charge is 0.440 e. The number of aryl methyl sites for hydroxylation is 1. The number of pyridine rings is 1. The first-order valence-corrected chi connectivity index (χ1v) is 9.37. The van der Waals surface area contributed by atoms with Crippen LogP contribution in [-0.2, 0) is 23.9 Å². The fourth-order valence-electron chi connectivity index (χ4n) is 2.72. The molecule has 29 heavy (non-hydrogen) atoms. The Morgan fingerprint density at radius 1 is 1.28 bits per heavy atom. The zero-order valence-corrected chi connectivity index (χ0v) is 15.8. The van der Waals surface area contributed by atoms with Crippen molar-refractivity contribution in [3.8, 4) is 10.8 Å². The molecule has 1 N–H and O–H groups in total. The van der Waals surface area contributed by atoms with Crippen molar-refractivity contribution in [3.63, 3.8) is 0 Å². The van der Waals surface area contributed by atoms with Crippen molar-refractivity contribution < 1.29 is 22.4 Å². The first-order chi connectivity index (χ1) is 13.8. The lowest BCUT2D eigenvalue weighted by molar-refractivity contribution is -0.137. The number of alkyl halides is 3. The van der Waals surface area contributed by atoms with Crippen molar-refractivity contribution in [2.75, 3.05) is 0 Å². The van der Waals surface area contributed by atoms with Crippen molar-refractivity contribution in [1.82, 2.24) is 24.9 Å². The van der Waals surface area contributed by atoms with E-state index in [2.05, 4.69) is 20.5 Å². The molecule has 0 aromatic carbocycles. The van der Waals surface area contributed by atoms with Crippen LogP contribution >= 0.6 is 11.3 Å². The number of nitrogens with one attached hydrogen (secondary N) is 1. The van der Waals surface area contributed by atoms with Gasteiger partial charge in [0.25, 0.3) is 0 Å². The van der Waals surface area contributed by atoms with Crippen LogP contribution in [0.1, 0.15) is 22.8 Å². The van der Waals surface area contributed by atoms with E-state index in [1.807, 2.05) is 17.5 Å². The number of aromatic nitrogens is 4. The second-order valence-electron chi connectivity index (χ2n) is 6.21. The standard InChI is InChI=1S/C18H14F3N5O2S/c1-10-12(23-17(28-10)13-3-2-6-29-13)7-16(27)22-8-15-25-24-14-5-4-11(9-26(14)15)18(19,20)21/h2-6,9H,7-8H2,1H3,(H,22,27). The number of hydrogen-bond donors (Lipinski definition) is 1. The average Bonchev–Trinajstić information content (AvgIpc) is 3.39. The Morgan fingerprint density at radius 2 is 2.10 bits per heavy atom. The molecule has 11 heteroatoms. The Kier molecular flexibility index (Phi) is 4.82. The zero-order chi connectivity index (χ0) is 20.6. The highest BCUT2D eigenvalue weighted by Gasteiger charge is 2.31. The van der Waals surface area contributed by atoms with Crippen LogP contribution in [0.25, 0.3) is 16.4 Å². The Balaban J connectivity index is 1.45. The lowest BCUT2D eigenvalue weighted by Crippen LogP contribution is -2.26. The summed E-state index contributed by atoms with van der Waals surface area (Å²) in [6.45, 7) is 1.65. The fraction of sp³-hybridized carbons (Fsp3) is 0.222. The molecule has 1 amide bonds. The van der Waals surface area contributed by atoms with E-state index in [9.17, 15) is 18.0 Å². The maximum absolute atomic E-state index is 12.9. The quantitative estimate of drug-likeness (QED) is 0.532. The highest BCUT2D eigenvalue weighted by Crippen LogP contribution is 2.29. The van der Waals surface area contributed by atoms with Crippen LogP contribution in [0.4, 0.5) is 13.2 Å². The molecule has 0 radical (unpaired) electrons. The van der Waals surface area contributed by atoms with Gasteiger partial charge in [0.05, 0.1) is 29.1 Å². The number of thiophene rings is 1. The molecule has 0 spiro atoms. The molecule has 0 saturated heterocycles. The van der Waals surface area contributed by atoms with Crippen LogP contribution in [0.3, 0.4) is 0 Å². The number of halogens is 3. The lowest BCUT2D eigenvalue weighted by Gasteiger charge is -2.08. The summed E-state index contributed by atoms with van der Waals surface area (Å²) >= 11 is 1.47. The third kappa shape index (κ3) is 3.99. The predicted molar refractivity (Wildman–Crippen MR) is 98.1 cm³/mol. The summed E-state index contributed by atoms with van der Waals surface area (Å²) in [6, 6.07) is 5.90. The molecule has 0 bridgehead atoms. The molecule has 4 rings (SSSR count). The van der Waals surface area contributed by atoms with Gasteiger partial charge in [0, 0.05) is 6.20 Å². The van der Waals surface area contributed by atoms with Crippen LogP contribution in [0, 0.1) is 6.92 Å². The zero-order valence-electron chi connectivity index (χ0n) is 15.0. The summed E-state index contributed by atoms with van der Waals surface area (Å²) in [6.07, 6.45) is -3.60. The van der Waals surface area contributed by atoms with E-state index >= 15 is 0 Å². The second-order valence-corrected chi connectivity index (χ2v) is 7.16. The minimum atomic E-state index is -4.48. The summed E-state index contributed by atoms with van der Waals surface area (Å²) in [4.78, 5) is 17.5. The summed E-state index contributed by atoms with van der Waals surface area (Å²) in [5.41, 5.74) is -0.0664. The van der Waals surface area contributed by atoms with Crippen molar-refractivity contribution in [2.24, 2.45) is 0 Å². The van der Waals surface area contributed by atoms with E-state index in [0.717, 1.165) is 17.1 Å². The Labute approximate surface area is 166 Å². The van der Waals surface area contributed by atoms with Crippen LogP contribution < -0.4 is 5.32 Å². The monoisotopic (exact) mass is 421 g/mol. The molecule has 0 atom stereocenters. The van der Waals surface area contributed by atoms with E-state index < -0.39 is 11.7 Å². The molecule has 0 unspecified atom stereocenters. The molecule has 4 aromatic heterocycles. The summed E-state index contributed by atoms with van der Waals surface area (Å²) in [5, 5.41) is 12.2. The van der Waals surface area contributed by atoms with E-state index in [0.29, 0.717) is 17.3 Å². The maximum atomic E-state index is 12.9. The molecule has 0 aliphatic heterocycles. The molecular formula is C18H14F3N5O2S. The van der Waals surface area contributed by atoms with Gasteiger partial charge in [-0.2, -0.15) is 13.2 Å². The number of oxazole rings is 1. The van der Waals surface area contributed by atoms with Crippen LogP contribution in [0.15, 0.2) is 40.3 Å². The highest BCUT2D eigenvalue weighted by atomic mass is 32.1. The van der Waals surface area contributed by atoms with Gasteiger partial charge in [0.1, 0.15) is 5.76 Å². The smallest absolute Gasteiger partial charge is 0.417 e. The maximum Gasteiger partial charge on any atom is 0.417 e. The molecule has 0 aliphatic rings. The molecule has 0 aliphatic carbocycles. The number of carbonyl (C=O) groups excluding carboxylic acids is 1. The van der Waals surface area contributed by atoms with E-state index in [1.165, 1.54) is 21.8 Å². The topological polar surface area (TPSA) is 85.3 Å². The molecule has 0 saturated carbocycles. The lowest BCUT2D eigenvalue weighted by atomic mass is 10.2. The van der Waals surface area contributed by atoms with E-state index in [-0.39, 0.29) is 30.3 Å². The number of carbonyl (C=O) groups is 1. The molecule has 150 valence electrons. The normalized spacial score (nSPS) is 11.9. The number of hydrogen-bond acceptors (Lipinski definition) is 6. The third-order valence-corrected chi connectivity index (χ3v) is 5.05. The first-order valence-electron chi connectivity index (χ1n) is 8.49. The summed E-state index contributed by atoms with van der Waals surface area (Å²) < 4.78 is 45.5. The molecule has 0 fully saturated rings. The minimum Gasteiger partial charge on any atom is -0.440 e. The van der Waals surface area contributed by atoms with Crippen molar-refractivity contribution in [3.05, 3.63) is 58.7 Å². The number of fused-ring (bicyclic) bond motifs is 1. The Hall–Kier alpha value is -3.21. The Morgan fingerprint density at radius 3 is 2.83 bits per heavy atom. The van der Waals surface area contributed by atoms with Gasteiger partial charge in [0.15, 0.2) is 11.5 Å². The predicted octanol–water partition coefficient (Wildman–Crippen LogP) is 3.63. The second kappa shape index (κ2) is 7.32. The van der Waals surface area contributed by atoms with Gasteiger partial charge in [-0.3, -0.25) is 9.20 Å². The van der Waals surface area contributed by atoms with Crippen LogP contribution in [0.5, 0.6) is 0 Å². The molecule has 7 nitrogen and oxygen atoms in total. The van der Waals surface area contributed by atoms with Gasteiger partial charge in [-0.05, 0) is 30.5 Å². The average molecular weight is 421 g/mol. The highest BCUT2D eigenvalue weighted by molar-refractivity contribution is 7.13. The van der Waals surface area contributed by atoms with E-state index in [4.69, 9.17) is 4.42 Å². The minimum absolute atomic E-state index is 0.0226. The van der Waals surface area contributed by atoms with Gasteiger partial charge in [-0.1, -0.05) is 6.07 Å². The first kappa shape index (κ1) is 19.1. The Bertz CT molecular complexity index is 1160. The summed E-state index contributed by atoms with van der Waals surface area (Å²) in [7, 11) is 0. The number of nitrogens with zero attached hydrogens (tertiary/aromatic N) is 4. The van der Waals surface area contributed by atoms with Gasteiger partial charge in [-0.15, -0.1) is 21.5 Å². The number of amides is 1. The molecule has 4 heterocycles. The fourth-order valence-corrected chi connectivity index (χ4v) is 3.37. The summed E-state index contributed by atoms with van der Waals surface area (Å²) in [5.74, 6) is 0.813. The third-order valence-electron chi connectivity index (χ3n) is 4.20. The van der Waals surface area contributed by atoms with Gasteiger partial charge in [0.2, 0.25) is 11.8 Å². The SMILES string of the molecule is Cc1oc(-c2cccs2)nc1CC(=O)NCc1nnc2ccc(C(F)(F)F)cn12. The number of rotatable bonds is 5. The van der Waals surface area contributed by atoms with Crippen molar-refractivity contribution >= 4 is 22.9 Å². The van der Waals surface area contributed by atoms with Gasteiger partial charge in [-0.25, -0.2) is 4.98 Å². The van der Waals surface area contributed by atoms with Crippen LogP contribution in [0.2, 0.25) is 0 Å². The molecular weight excluding hydrogens is 407 g/mol. The van der Waals surface area contributed by atoms with Gasteiger partial charge >= 0.3 is 6.18 Å². The van der Waals surface area contributed by atoms with Crippen molar-refractivity contribution in [1.29, 1.82) is 0 Å². The van der Waals surface area contributed by atoms with Crippen LogP contribution in [-0.4, -0.2) is 25.5 Å².